The molecule has 0 aliphatic carbocycles. The molecule has 152 valence electrons. The molecule has 3 N–H and O–H groups in total. The lowest BCUT2D eigenvalue weighted by Crippen LogP contribution is -2.46. The topological polar surface area (TPSA) is 86.5 Å². The van der Waals surface area contributed by atoms with Crippen molar-refractivity contribution in [2.75, 3.05) is 13.7 Å². The summed E-state index contributed by atoms with van der Waals surface area (Å²) in [6, 6.07) is 9.35. The number of nitrogens with two attached hydrogens (primary N) is 1. The predicted molar refractivity (Wildman–Crippen MR) is 110 cm³/mol. The SMILES string of the molecule is CCC(CC)(CN)C(=O)NC(C)c1ccc(OCc2ccncc2)c(OC)c1. The van der Waals surface area contributed by atoms with Crippen molar-refractivity contribution in [3.05, 3.63) is 53.9 Å². The van der Waals surface area contributed by atoms with Gasteiger partial charge in [0.25, 0.3) is 0 Å². The lowest BCUT2D eigenvalue weighted by Gasteiger charge is -2.30. The fourth-order valence-corrected chi connectivity index (χ4v) is 3.10. The van der Waals surface area contributed by atoms with Crippen LogP contribution >= 0.6 is 0 Å². The monoisotopic (exact) mass is 385 g/mol. The van der Waals surface area contributed by atoms with Gasteiger partial charge < -0.3 is 20.5 Å². The minimum Gasteiger partial charge on any atom is -0.493 e. The third kappa shape index (κ3) is 5.01. The summed E-state index contributed by atoms with van der Waals surface area (Å²) in [6.45, 7) is 6.72. The van der Waals surface area contributed by atoms with Crippen LogP contribution in [0, 0.1) is 5.41 Å². The number of carbonyl (C=O) groups excluding carboxylic acids is 1. The Labute approximate surface area is 167 Å². The second-order valence-corrected chi connectivity index (χ2v) is 6.94. The number of methoxy groups -OCH3 is 1. The Morgan fingerprint density at radius 3 is 2.43 bits per heavy atom. The zero-order chi connectivity index (χ0) is 20.6. The molecule has 0 bridgehead atoms. The quantitative estimate of drug-likeness (QED) is 0.652. The molecular weight excluding hydrogens is 354 g/mol. The van der Waals surface area contributed by atoms with E-state index < -0.39 is 5.41 Å². The van der Waals surface area contributed by atoms with Crippen molar-refractivity contribution in [3.63, 3.8) is 0 Å². The summed E-state index contributed by atoms with van der Waals surface area (Å²) in [6.07, 6.45) is 4.89. The number of benzene rings is 1. The van der Waals surface area contributed by atoms with Gasteiger partial charge in [-0.15, -0.1) is 0 Å². The maximum Gasteiger partial charge on any atom is 0.227 e. The van der Waals surface area contributed by atoms with Gasteiger partial charge in [-0.25, -0.2) is 0 Å². The first-order valence-corrected chi connectivity index (χ1v) is 9.70. The number of nitrogens with one attached hydrogen (secondary N) is 1. The second-order valence-electron chi connectivity index (χ2n) is 6.94. The molecule has 0 aliphatic rings. The van der Waals surface area contributed by atoms with Crippen LogP contribution in [0.1, 0.15) is 50.8 Å². The molecule has 2 rings (SSSR count). The van der Waals surface area contributed by atoms with Crippen molar-refractivity contribution in [1.82, 2.24) is 10.3 Å². The van der Waals surface area contributed by atoms with Gasteiger partial charge in [0, 0.05) is 18.9 Å². The van der Waals surface area contributed by atoms with Gasteiger partial charge in [0.05, 0.1) is 18.6 Å². The van der Waals surface area contributed by atoms with E-state index in [1.807, 2.05) is 51.1 Å². The lowest BCUT2D eigenvalue weighted by molar-refractivity contribution is -0.131. The molecule has 2 aromatic rings. The van der Waals surface area contributed by atoms with Gasteiger partial charge in [0.15, 0.2) is 11.5 Å². The third-order valence-electron chi connectivity index (χ3n) is 5.40. The van der Waals surface area contributed by atoms with Gasteiger partial charge in [-0.05, 0) is 55.2 Å². The number of ether oxygens (including phenoxy) is 2. The average Bonchev–Trinajstić information content (AvgIpc) is 2.74. The largest absolute Gasteiger partial charge is 0.493 e. The van der Waals surface area contributed by atoms with Crippen LogP contribution in [0.25, 0.3) is 0 Å². The van der Waals surface area contributed by atoms with E-state index in [0.29, 0.717) is 37.5 Å². The summed E-state index contributed by atoms with van der Waals surface area (Å²) < 4.78 is 11.4. The van der Waals surface area contributed by atoms with Crippen LogP contribution in [-0.2, 0) is 11.4 Å². The molecule has 0 fully saturated rings. The molecular formula is C22H31N3O3. The molecule has 1 unspecified atom stereocenters. The Hall–Kier alpha value is -2.60. The van der Waals surface area contributed by atoms with Crippen molar-refractivity contribution >= 4 is 5.91 Å². The van der Waals surface area contributed by atoms with E-state index in [4.69, 9.17) is 15.2 Å². The Balaban J connectivity index is 2.10. The normalized spacial score (nSPS) is 12.3. The summed E-state index contributed by atoms with van der Waals surface area (Å²) in [5.74, 6) is 1.27. The third-order valence-corrected chi connectivity index (χ3v) is 5.40. The molecule has 0 saturated heterocycles. The van der Waals surface area contributed by atoms with Crippen molar-refractivity contribution in [3.8, 4) is 11.5 Å². The van der Waals surface area contributed by atoms with Crippen LogP contribution in [0.4, 0.5) is 0 Å². The highest BCUT2D eigenvalue weighted by atomic mass is 16.5. The Kier molecular flexibility index (Phi) is 7.81. The molecule has 1 heterocycles. The molecule has 0 aliphatic heterocycles. The highest BCUT2D eigenvalue weighted by Gasteiger charge is 2.34. The standard InChI is InChI=1S/C22H31N3O3/c1-5-22(6-2,15-23)21(26)25-16(3)18-7-8-19(20(13-18)27-4)28-14-17-9-11-24-12-10-17/h7-13,16H,5-6,14-15,23H2,1-4H3,(H,25,26). The van der Waals surface area contributed by atoms with Crippen LogP contribution in [0.5, 0.6) is 11.5 Å². The molecule has 1 aromatic heterocycles. The first-order chi connectivity index (χ1) is 13.5. The number of nitrogens with zero attached hydrogens (tertiary/aromatic N) is 1. The first-order valence-electron chi connectivity index (χ1n) is 9.70. The minimum absolute atomic E-state index is 0.00974. The summed E-state index contributed by atoms with van der Waals surface area (Å²) in [5.41, 5.74) is 7.34. The van der Waals surface area contributed by atoms with E-state index in [9.17, 15) is 4.79 Å². The fraction of sp³-hybridized carbons (Fsp3) is 0.455. The van der Waals surface area contributed by atoms with E-state index in [2.05, 4.69) is 10.3 Å². The number of aromatic nitrogens is 1. The molecule has 0 spiro atoms. The molecule has 1 amide bonds. The zero-order valence-electron chi connectivity index (χ0n) is 17.2. The number of hydrogen-bond acceptors (Lipinski definition) is 5. The highest BCUT2D eigenvalue weighted by molar-refractivity contribution is 5.83. The van der Waals surface area contributed by atoms with Crippen LogP contribution in [0.15, 0.2) is 42.7 Å². The van der Waals surface area contributed by atoms with Gasteiger partial charge in [-0.2, -0.15) is 0 Å². The maximum absolute atomic E-state index is 12.8. The molecule has 6 nitrogen and oxygen atoms in total. The van der Waals surface area contributed by atoms with Gasteiger partial charge in [-0.1, -0.05) is 19.9 Å². The summed E-state index contributed by atoms with van der Waals surface area (Å²) in [5, 5.41) is 3.10. The van der Waals surface area contributed by atoms with Gasteiger partial charge in [0.2, 0.25) is 5.91 Å². The number of pyridine rings is 1. The molecule has 6 heteroatoms. The molecule has 28 heavy (non-hydrogen) atoms. The second kappa shape index (κ2) is 10.1. The Bertz CT molecular complexity index is 753. The predicted octanol–water partition coefficient (Wildman–Crippen LogP) is 3.61. The van der Waals surface area contributed by atoms with Gasteiger partial charge in [0.1, 0.15) is 6.61 Å². The van der Waals surface area contributed by atoms with Crippen LogP contribution in [0.3, 0.4) is 0 Å². The van der Waals surface area contributed by atoms with Crippen LogP contribution in [-0.4, -0.2) is 24.5 Å². The van der Waals surface area contributed by atoms with Gasteiger partial charge in [-0.3, -0.25) is 9.78 Å². The van der Waals surface area contributed by atoms with Crippen LogP contribution in [0.2, 0.25) is 0 Å². The smallest absolute Gasteiger partial charge is 0.227 e. The van der Waals surface area contributed by atoms with Crippen molar-refractivity contribution in [1.29, 1.82) is 0 Å². The van der Waals surface area contributed by atoms with E-state index in [-0.39, 0.29) is 11.9 Å². The number of hydrogen-bond donors (Lipinski definition) is 2. The van der Waals surface area contributed by atoms with E-state index in [1.165, 1.54) is 0 Å². The van der Waals surface area contributed by atoms with E-state index >= 15 is 0 Å². The minimum atomic E-state index is -0.522. The number of carbonyl (C=O) groups is 1. The summed E-state index contributed by atoms with van der Waals surface area (Å²) in [7, 11) is 1.61. The molecule has 1 aromatic carbocycles. The van der Waals surface area contributed by atoms with E-state index in [1.54, 1.807) is 19.5 Å². The first kappa shape index (κ1) is 21.7. The molecule has 0 saturated carbocycles. The summed E-state index contributed by atoms with van der Waals surface area (Å²) >= 11 is 0. The zero-order valence-corrected chi connectivity index (χ0v) is 17.2. The Morgan fingerprint density at radius 2 is 1.86 bits per heavy atom. The van der Waals surface area contributed by atoms with Gasteiger partial charge >= 0.3 is 0 Å². The van der Waals surface area contributed by atoms with Crippen molar-refractivity contribution < 1.29 is 14.3 Å². The average molecular weight is 386 g/mol. The lowest BCUT2D eigenvalue weighted by atomic mass is 9.81. The maximum atomic E-state index is 12.8. The highest BCUT2D eigenvalue weighted by Crippen LogP contribution is 2.32. The summed E-state index contributed by atoms with van der Waals surface area (Å²) in [4.78, 5) is 16.8. The fourth-order valence-electron chi connectivity index (χ4n) is 3.10. The van der Waals surface area contributed by atoms with Crippen molar-refractivity contribution in [2.45, 2.75) is 46.3 Å². The van der Waals surface area contributed by atoms with Crippen molar-refractivity contribution in [2.24, 2.45) is 11.1 Å². The Morgan fingerprint density at radius 1 is 1.18 bits per heavy atom. The molecule has 1 atom stereocenters. The number of amides is 1. The van der Waals surface area contributed by atoms with Crippen LogP contribution < -0.4 is 20.5 Å². The number of rotatable bonds is 10. The molecule has 0 radical (unpaired) electrons. The van der Waals surface area contributed by atoms with E-state index in [0.717, 1.165) is 11.1 Å².